The van der Waals surface area contributed by atoms with Crippen molar-refractivity contribution in [2.75, 3.05) is 44.2 Å². The maximum absolute atomic E-state index is 11.7. The zero-order chi connectivity index (χ0) is 20.3. The van der Waals surface area contributed by atoms with Crippen molar-refractivity contribution in [2.24, 2.45) is 4.99 Å². The molecule has 3 rings (SSSR count). The lowest BCUT2D eigenvalue weighted by molar-refractivity contribution is -0.127. The van der Waals surface area contributed by atoms with Crippen molar-refractivity contribution in [3.05, 3.63) is 23.9 Å². The monoisotopic (exact) mass is 400 g/mol. The van der Waals surface area contributed by atoms with Crippen LogP contribution in [0.1, 0.15) is 57.4 Å². The number of carbonyl (C=O) groups is 1. The first-order valence-electron chi connectivity index (χ1n) is 11.3. The summed E-state index contributed by atoms with van der Waals surface area (Å²) < 4.78 is 0. The van der Waals surface area contributed by atoms with Crippen LogP contribution in [0.2, 0.25) is 0 Å². The van der Waals surface area contributed by atoms with Gasteiger partial charge in [0, 0.05) is 51.9 Å². The van der Waals surface area contributed by atoms with E-state index in [9.17, 15) is 4.79 Å². The molecule has 2 saturated heterocycles. The van der Waals surface area contributed by atoms with Crippen molar-refractivity contribution in [1.82, 2.24) is 20.5 Å². The molecule has 7 nitrogen and oxygen atoms in total. The Labute approximate surface area is 175 Å². The summed E-state index contributed by atoms with van der Waals surface area (Å²) >= 11 is 0. The average Bonchev–Trinajstić information content (AvgIpc) is 2.98. The van der Waals surface area contributed by atoms with Crippen LogP contribution in [-0.4, -0.2) is 61.0 Å². The molecule has 2 aliphatic heterocycles. The van der Waals surface area contributed by atoms with Crippen molar-refractivity contribution >= 4 is 17.7 Å². The van der Waals surface area contributed by atoms with Crippen molar-refractivity contribution < 1.29 is 4.79 Å². The van der Waals surface area contributed by atoms with Gasteiger partial charge in [0.2, 0.25) is 5.91 Å². The van der Waals surface area contributed by atoms with E-state index in [1.54, 1.807) is 0 Å². The maximum atomic E-state index is 11.7. The quantitative estimate of drug-likeness (QED) is 0.399. The van der Waals surface area contributed by atoms with Gasteiger partial charge in [-0.1, -0.05) is 18.9 Å². The molecular weight excluding hydrogens is 364 g/mol. The number of likely N-dealkylation sites (tertiary alicyclic amines) is 1. The number of hydrogen-bond acceptors (Lipinski definition) is 4. The normalized spacial score (nSPS) is 18.1. The highest BCUT2D eigenvalue weighted by atomic mass is 16.2. The molecule has 2 N–H and O–H groups in total. The number of carbonyl (C=O) groups excluding carboxylic acids is 1. The van der Waals surface area contributed by atoms with Crippen LogP contribution in [0, 0.1) is 0 Å². The van der Waals surface area contributed by atoms with Crippen LogP contribution in [0.25, 0.3) is 0 Å². The van der Waals surface area contributed by atoms with E-state index in [0.29, 0.717) is 18.9 Å². The topological polar surface area (TPSA) is 72.9 Å². The van der Waals surface area contributed by atoms with Gasteiger partial charge in [-0.3, -0.25) is 4.79 Å². The molecule has 7 heteroatoms. The van der Waals surface area contributed by atoms with Crippen LogP contribution >= 0.6 is 0 Å². The van der Waals surface area contributed by atoms with E-state index >= 15 is 0 Å². The summed E-state index contributed by atoms with van der Waals surface area (Å²) in [4.78, 5) is 25.4. The van der Waals surface area contributed by atoms with Crippen LogP contribution in [0.5, 0.6) is 0 Å². The highest BCUT2D eigenvalue weighted by Gasteiger charge is 2.18. The van der Waals surface area contributed by atoms with E-state index in [-0.39, 0.29) is 0 Å². The van der Waals surface area contributed by atoms with Crippen LogP contribution in [0.4, 0.5) is 5.82 Å². The SMILES string of the molecule is CCNC(=NCc1ccc(N2CCCCCC2)nc1)NCCCN1CCCC1=O. The summed E-state index contributed by atoms with van der Waals surface area (Å²) in [5.74, 6) is 2.19. The molecule has 0 saturated carbocycles. The molecular formula is C22H36N6O. The second-order valence-electron chi connectivity index (χ2n) is 7.89. The van der Waals surface area contributed by atoms with Gasteiger partial charge in [-0.15, -0.1) is 0 Å². The third-order valence-electron chi connectivity index (χ3n) is 5.57. The Hall–Kier alpha value is -2.31. The molecule has 1 amide bonds. The van der Waals surface area contributed by atoms with Crippen LogP contribution in [-0.2, 0) is 11.3 Å². The minimum atomic E-state index is 0.293. The lowest BCUT2D eigenvalue weighted by Gasteiger charge is -2.21. The minimum absolute atomic E-state index is 0.293. The van der Waals surface area contributed by atoms with Gasteiger partial charge in [0.25, 0.3) is 0 Å². The summed E-state index contributed by atoms with van der Waals surface area (Å²) in [5.41, 5.74) is 1.11. The fourth-order valence-electron chi connectivity index (χ4n) is 3.93. The van der Waals surface area contributed by atoms with Gasteiger partial charge in [-0.05, 0) is 44.2 Å². The van der Waals surface area contributed by atoms with E-state index in [4.69, 9.17) is 0 Å². The van der Waals surface area contributed by atoms with Crippen LogP contribution in [0.15, 0.2) is 23.3 Å². The number of amides is 1. The highest BCUT2D eigenvalue weighted by molar-refractivity contribution is 5.79. The summed E-state index contributed by atoms with van der Waals surface area (Å²) in [6.45, 7) is 8.26. The molecule has 3 heterocycles. The van der Waals surface area contributed by atoms with Gasteiger partial charge in [0.15, 0.2) is 5.96 Å². The van der Waals surface area contributed by atoms with Gasteiger partial charge in [-0.2, -0.15) is 0 Å². The molecule has 160 valence electrons. The molecule has 0 bridgehead atoms. The molecule has 0 aromatic carbocycles. The van der Waals surface area contributed by atoms with Crippen LogP contribution in [0.3, 0.4) is 0 Å². The van der Waals surface area contributed by atoms with Crippen molar-refractivity contribution in [3.8, 4) is 0 Å². The maximum Gasteiger partial charge on any atom is 0.222 e. The van der Waals surface area contributed by atoms with Crippen molar-refractivity contribution in [1.29, 1.82) is 0 Å². The van der Waals surface area contributed by atoms with E-state index < -0.39 is 0 Å². The molecule has 0 spiro atoms. The van der Waals surface area contributed by atoms with E-state index in [1.165, 1.54) is 25.7 Å². The predicted octanol–water partition coefficient (Wildman–Crippen LogP) is 2.53. The summed E-state index contributed by atoms with van der Waals surface area (Å²) in [5, 5.41) is 6.66. The van der Waals surface area contributed by atoms with Gasteiger partial charge >= 0.3 is 0 Å². The second kappa shape index (κ2) is 11.6. The number of anilines is 1. The molecule has 29 heavy (non-hydrogen) atoms. The number of nitrogens with one attached hydrogen (secondary N) is 2. The molecule has 0 unspecified atom stereocenters. The van der Waals surface area contributed by atoms with Gasteiger partial charge in [0.1, 0.15) is 5.82 Å². The summed E-state index contributed by atoms with van der Waals surface area (Å²) in [6, 6.07) is 4.27. The molecule has 2 fully saturated rings. The number of aliphatic imine (C=N–C) groups is 1. The Kier molecular flexibility index (Phi) is 8.58. The fourth-order valence-corrected chi connectivity index (χ4v) is 3.93. The molecule has 1 aromatic heterocycles. The molecule has 1 aromatic rings. The van der Waals surface area contributed by atoms with E-state index in [2.05, 4.69) is 44.6 Å². The largest absolute Gasteiger partial charge is 0.357 e. The Morgan fingerprint density at radius 1 is 1.10 bits per heavy atom. The Balaban J connectivity index is 1.45. The fraction of sp³-hybridized carbons (Fsp3) is 0.682. The zero-order valence-corrected chi connectivity index (χ0v) is 17.8. The number of guanidine groups is 1. The standard InChI is InChI=1S/C22H36N6O/c1-2-23-22(24-12-8-16-28-15-7-9-21(28)29)26-18-19-10-11-20(25-17-19)27-13-5-3-4-6-14-27/h10-11,17H,2-9,12-16,18H2,1H3,(H2,23,24,26). The molecule has 0 atom stereocenters. The van der Waals surface area contributed by atoms with Crippen molar-refractivity contribution in [2.45, 2.75) is 58.4 Å². The smallest absolute Gasteiger partial charge is 0.222 e. The van der Waals surface area contributed by atoms with E-state index in [0.717, 1.165) is 69.5 Å². The average molecular weight is 401 g/mol. The lowest BCUT2D eigenvalue weighted by atomic mass is 10.2. The second-order valence-corrected chi connectivity index (χ2v) is 7.89. The highest BCUT2D eigenvalue weighted by Crippen LogP contribution is 2.17. The number of nitrogens with zero attached hydrogens (tertiary/aromatic N) is 4. The number of rotatable bonds is 8. The Morgan fingerprint density at radius 2 is 1.93 bits per heavy atom. The lowest BCUT2D eigenvalue weighted by Crippen LogP contribution is -2.39. The minimum Gasteiger partial charge on any atom is -0.357 e. The number of aromatic nitrogens is 1. The van der Waals surface area contributed by atoms with Gasteiger partial charge < -0.3 is 20.4 Å². The first-order chi connectivity index (χ1) is 14.3. The predicted molar refractivity (Wildman–Crippen MR) is 118 cm³/mol. The Bertz CT molecular complexity index is 652. The van der Waals surface area contributed by atoms with Crippen LogP contribution < -0.4 is 15.5 Å². The van der Waals surface area contributed by atoms with E-state index in [1.807, 2.05) is 11.1 Å². The summed E-state index contributed by atoms with van der Waals surface area (Å²) in [7, 11) is 0. The molecule has 0 aliphatic carbocycles. The van der Waals surface area contributed by atoms with Crippen molar-refractivity contribution in [3.63, 3.8) is 0 Å². The third-order valence-corrected chi connectivity index (χ3v) is 5.57. The van der Waals surface area contributed by atoms with Gasteiger partial charge in [-0.25, -0.2) is 9.98 Å². The molecule has 2 aliphatic rings. The summed E-state index contributed by atoms with van der Waals surface area (Å²) in [6.07, 6.45) is 9.78. The Morgan fingerprint density at radius 3 is 2.59 bits per heavy atom. The zero-order valence-electron chi connectivity index (χ0n) is 17.8. The first-order valence-corrected chi connectivity index (χ1v) is 11.3. The number of hydrogen-bond donors (Lipinski definition) is 2. The number of pyridine rings is 1. The first kappa shape index (κ1) is 21.4. The van der Waals surface area contributed by atoms with Gasteiger partial charge in [0.05, 0.1) is 6.54 Å². The third kappa shape index (κ3) is 6.91. The molecule has 0 radical (unpaired) electrons.